The van der Waals surface area contributed by atoms with Crippen LogP contribution in [-0.4, -0.2) is 29.7 Å². The molecule has 0 heterocycles. The Balaban J connectivity index is 2.49. The van der Waals surface area contributed by atoms with Gasteiger partial charge in [0.05, 0.1) is 13.5 Å². The van der Waals surface area contributed by atoms with Crippen LogP contribution >= 0.6 is 11.8 Å². The van der Waals surface area contributed by atoms with E-state index in [0.29, 0.717) is 17.7 Å². The Kier molecular flexibility index (Phi) is 8.01. The maximum Gasteiger partial charge on any atom is 0.305 e. The van der Waals surface area contributed by atoms with Crippen LogP contribution in [0.15, 0.2) is 24.3 Å². The van der Waals surface area contributed by atoms with Gasteiger partial charge in [0.25, 0.3) is 0 Å². The van der Waals surface area contributed by atoms with Crippen LogP contribution in [0.2, 0.25) is 0 Å². The van der Waals surface area contributed by atoms with Gasteiger partial charge in [0, 0.05) is 36.6 Å². The number of hydrogen-bond donors (Lipinski definition) is 0. The molecule has 1 rings (SSSR count). The molecule has 0 bridgehead atoms. The van der Waals surface area contributed by atoms with Crippen LogP contribution in [0.1, 0.15) is 42.1 Å². The minimum Gasteiger partial charge on any atom is -0.469 e. The van der Waals surface area contributed by atoms with Crippen molar-refractivity contribution in [3.8, 4) is 11.8 Å². The van der Waals surface area contributed by atoms with Crippen LogP contribution in [-0.2, 0) is 14.3 Å². The van der Waals surface area contributed by atoms with Crippen molar-refractivity contribution >= 4 is 28.6 Å². The molecule has 0 aliphatic carbocycles. The molecular formula is C17H18O4S. The highest BCUT2D eigenvalue weighted by Gasteiger charge is 2.08. The fourth-order valence-electron chi connectivity index (χ4n) is 1.61. The Bertz CT molecular complexity index is 593. The molecule has 1 aromatic rings. The van der Waals surface area contributed by atoms with Crippen molar-refractivity contribution < 1.29 is 19.1 Å². The average molecular weight is 318 g/mol. The topological polar surface area (TPSA) is 60.4 Å². The number of thioether (sulfide) groups is 1. The van der Waals surface area contributed by atoms with Crippen LogP contribution in [0.4, 0.5) is 0 Å². The van der Waals surface area contributed by atoms with E-state index in [1.54, 1.807) is 24.3 Å². The molecule has 0 fully saturated rings. The second kappa shape index (κ2) is 9.80. The second-order valence-electron chi connectivity index (χ2n) is 4.47. The van der Waals surface area contributed by atoms with Crippen molar-refractivity contribution in [2.45, 2.75) is 26.2 Å². The Labute approximate surface area is 134 Å². The smallest absolute Gasteiger partial charge is 0.305 e. The lowest BCUT2D eigenvalue weighted by Crippen LogP contribution is -2.05. The summed E-state index contributed by atoms with van der Waals surface area (Å²) < 4.78 is 4.50. The minimum atomic E-state index is -0.390. The molecule has 116 valence electrons. The van der Waals surface area contributed by atoms with E-state index in [4.69, 9.17) is 0 Å². The number of carbonyl (C=O) groups is 3. The predicted octanol–water partition coefficient (Wildman–Crippen LogP) is 2.84. The lowest BCUT2D eigenvalue weighted by Gasteiger charge is -2.00. The largest absolute Gasteiger partial charge is 0.469 e. The van der Waals surface area contributed by atoms with Crippen molar-refractivity contribution in [3.63, 3.8) is 0 Å². The normalized spacial score (nSPS) is 9.55. The Morgan fingerprint density at radius 3 is 2.41 bits per heavy atom. The first-order valence-corrected chi connectivity index (χ1v) is 7.84. The monoisotopic (exact) mass is 318 g/mol. The number of ether oxygens (including phenoxy) is 1. The van der Waals surface area contributed by atoms with Crippen LogP contribution in [0.3, 0.4) is 0 Å². The van der Waals surface area contributed by atoms with Gasteiger partial charge in [0.15, 0.2) is 10.9 Å². The molecule has 5 heteroatoms. The summed E-state index contributed by atoms with van der Waals surface area (Å²) in [6.45, 7) is 1.54. The van der Waals surface area contributed by atoms with Gasteiger partial charge in [0.2, 0.25) is 0 Å². The van der Waals surface area contributed by atoms with Gasteiger partial charge in [-0.3, -0.25) is 14.4 Å². The van der Waals surface area contributed by atoms with E-state index in [1.165, 1.54) is 25.8 Å². The fourth-order valence-corrected chi connectivity index (χ4v) is 2.10. The maximum absolute atomic E-state index is 11.9. The lowest BCUT2D eigenvalue weighted by atomic mass is 10.0. The molecule has 0 aromatic heterocycles. The fraction of sp³-hybridized carbons (Fsp3) is 0.353. The zero-order valence-electron chi connectivity index (χ0n) is 12.7. The summed E-state index contributed by atoms with van der Waals surface area (Å²) in [6.07, 6.45) is 0.870. The van der Waals surface area contributed by atoms with E-state index in [0.717, 1.165) is 5.56 Å². The van der Waals surface area contributed by atoms with Gasteiger partial charge in [-0.2, -0.15) is 0 Å². The first-order valence-electron chi connectivity index (χ1n) is 6.85. The van der Waals surface area contributed by atoms with Gasteiger partial charge in [-0.1, -0.05) is 35.7 Å². The average Bonchev–Trinajstić information content (AvgIpc) is 2.52. The highest BCUT2D eigenvalue weighted by Crippen LogP contribution is 2.08. The second-order valence-corrected chi connectivity index (χ2v) is 5.74. The van der Waals surface area contributed by atoms with Crippen molar-refractivity contribution in [3.05, 3.63) is 35.4 Å². The predicted molar refractivity (Wildman–Crippen MR) is 86.7 cm³/mol. The summed E-state index contributed by atoms with van der Waals surface area (Å²) in [4.78, 5) is 33.6. The van der Waals surface area contributed by atoms with Crippen LogP contribution in [0, 0.1) is 11.8 Å². The molecule has 0 saturated carbocycles. The molecule has 0 atom stereocenters. The zero-order chi connectivity index (χ0) is 16.4. The summed E-state index contributed by atoms with van der Waals surface area (Å²) >= 11 is 1.26. The molecule has 1 aromatic carbocycles. The number of benzene rings is 1. The van der Waals surface area contributed by atoms with Crippen molar-refractivity contribution in [1.82, 2.24) is 0 Å². The molecular weight excluding hydrogens is 300 g/mol. The van der Waals surface area contributed by atoms with E-state index in [1.807, 2.05) is 0 Å². The number of methoxy groups -OCH3 is 1. The number of ketones is 1. The number of rotatable bonds is 6. The molecule has 0 radical (unpaired) electrons. The van der Waals surface area contributed by atoms with Gasteiger partial charge >= 0.3 is 5.97 Å². The van der Waals surface area contributed by atoms with E-state index in [9.17, 15) is 14.4 Å². The molecule has 0 unspecified atom stereocenters. The van der Waals surface area contributed by atoms with Gasteiger partial charge in [-0.15, -0.1) is 0 Å². The first kappa shape index (κ1) is 18.0. The number of hydrogen-bond acceptors (Lipinski definition) is 5. The highest BCUT2D eigenvalue weighted by atomic mass is 32.2. The number of esters is 1. The van der Waals surface area contributed by atoms with Gasteiger partial charge in [0.1, 0.15) is 0 Å². The van der Waals surface area contributed by atoms with Crippen LogP contribution < -0.4 is 0 Å². The SMILES string of the molecule is COC(=O)CCC(=O)c1ccc(C#CCCSC(C)=O)cc1. The maximum atomic E-state index is 11.9. The summed E-state index contributed by atoms with van der Waals surface area (Å²) in [5.41, 5.74) is 1.37. The van der Waals surface area contributed by atoms with Crippen LogP contribution in [0.25, 0.3) is 0 Å². The van der Waals surface area contributed by atoms with E-state index in [2.05, 4.69) is 16.6 Å². The third kappa shape index (κ3) is 7.09. The van der Waals surface area contributed by atoms with E-state index >= 15 is 0 Å². The summed E-state index contributed by atoms with van der Waals surface area (Å²) in [5.74, 6) is 6.17. The summed E-state index contributed by atoms with van der Waals surface area (Å²) in [5, 5.41) is 0.0941. The first-order chi connectivity index (χ1) is 10.5. The van der Waals surface area contributed by atoms with E-state index in [-0.39, 0.29) is 29.7 Å². The number of carbonyl (C=O) groups excluding carboxylic acids is 3. The van der Waals surface area contributed by atoms with Gasteiger partial charge < -0.3 is 4.74 Å². The third-order valence-corrected chi connectivity index (χ3v) is 3.57. The van der Waals surface area contributed by atoms with Gasteiger partial charge in [-0.05, 0) is 12.1 Å². The Morgan fingerprint density at radius 1 is 1.14 bits per heavy atom. The molecule has 0 amide bonds. The summed E-state index contributed by atoms with van der Waals surface area (Å²) in [7, 11) is 1.30. The van der Waals surface area contributed by atoms with Crippen LogP contribution in [0.5, 0.6) is 0 Å². The lowest BCUT2D eigenvalue weighted by molar-refractivity contribution is -0.140. The van der Waals surface area contributed by atoms with Crippen molar-refractivity contribution in [2.75, 3.05) is 12.9 Å². The highest BCUT2D eigenvalue weighted by molar-refractivity contribution is 8.13. The Hall–Kier alpha value is -2.06. The zero-order valence-corrected chi connectivity index (χ0v) is 13.5. The van der Waals surface area contributed by atoms with E-state index < -0.39 is 0 Å². The molecule has 0 aliphatic heterocycles. The molecule has 0 saturated heterocycles. The molecule has 0 spiro atoms. The van der Waals surface area contributed by atoms with Gasteiger partial charge in [-0.25, -0.2) is 0 Å². The molecule has 22 heavy (non-hydrogen) atoms. The third-order valence-electron chi connectivity index (χ3n) is 2.76. The number of Topliss-reactive ketones (excluding diaryl/α,β-unsaturated/α-hetero) is 1. The van der Waals surface area contributed by atoms with Crippen molar-refractivity contribution in [2.24, 2.45) is 0 Å². The standard InChI is InChI=1S/C17H18O4S/c1-13(18)22-12-4-3-5-14-6-8-15(9-7-14)16(19)10-11-17(20)21-2/h6-9H,4,10-12H2,1-2H3. The quantitative estimate of drug-likeness (QED) is 0.349. The molecule has 4 nitrogen and oxygen atoms in total. The molecule has 0 aliphatic rings. The molecule has 0 N–H and O–H groups in total. The Morgan fingerprint density at radius 2 is 1.82 bits per heavy atom. The minimum absolute atomic E-state index is 0.0880. The van der Waals surface area contributed by atoms with Crippen molar-refractivity contribution in [1.29, 1.82) is 0 Å². The summed E-state index contributed by atoms with van der Waals surface area (Å²) in [6, 6.07) is 6.95.